The Labute approximate surface area is 162 Å². The van der Waals surface area contributed by atoms with Crippen LogP contribution in [0.1, 0.15) is 21.5 Å². The number of hydrogen-bond acceptors (Lipinski definition) is 4. The Hall–Kier alpha value is -3.48. The molecule has 0 fully saturated rings. The molecule has 1 heterocycles. The van der Waals surface area contributed by atoms with Crippen LogP contribution in [0.2, 0.25) is 0 Å². The average molecular weight is 379 g/mol. The molecule has 144 valence electrons. The van der Waals surface area contributed by atoms with Crippen LogP contribution in [0.15, 0.2) is 48.5 Å². The van der Waals surface area contributed by atoms with Crippen molar-refractivity contribution in [1.29, 1.82) is 0 Å². The molecule has 0 spiro atoms. The summed E-state index contributed by atoms with van der Waals surface area (Å²) in [6, 6.07) is 14.1. The lowest BCUT2D eigenvalue weighted by Gasteiger charge is -2.28. The van der Waals surface area contributed by atoms with E-state index in [0.29, 0.717) is 16.8 Å². The molecule has 3 rings (SSSR count). The van der Waals surface area contributed by atoms with Crippen LogP contribution in [0.25, 0.3) is 0 Å². The van der Waals surface area contributed by atoms with Crippen LogP contribution < -0.4 is 5.32 Å². The molecule has 0 saturated carbocycles. The van der Waals surface area contributed by atoms with Crippen LogP contribution in [-0.2, 0) is 20.8 Å². The summed E-state index contributed by atoms with van der Waals surface area (Å²) in [7, 11) is 1.46. The number of anilines is 1. The molecule has 1 N–H and O–H groups in total. The maximum Gasteiger partial charge on any atom is 0.261 e. The molecular weight excluding hydrogens is 358 g/mol. The fourth-order valence-electron chi connectivity index (χ4n) is 2.96. The number of fused-ring (bicyclic) bond motifs is 1. The van der Waals surface area contributed by atoms with Gasteiger partial charge in [0.1, 0.15) is 6.54 Å². The summed E-state index contributed by atoms with van der Waals surface area (Å²) in [6.07, 6.45) is 0.0762. The van der Waals surface area contributed by atoms with Gasteiger partial charge in [-0.3, -0.25) is 24.1 Å². The molecule has 2 aromatic rings. The number of rotatable bonds is 5. The molecule has 2 aromatic carbocycles. The fourth-order valence-corrected chi connectivity index (χ4v) is 2.96. The second-order valence-electron chi connectivity index (χ2n) is 6.78. The average Bonchev–Trinajstić information content (AvgIpc) is 2.66. The van der Waals surface area contributed by atoms with Gasteiger partial charge in [0, 0.05) is 18.3 Å². The standard InChI is InChI=1S/C21H21N3O4/c1-14-7-9-16(10-8-14)22-18(25)12-23(2)20(27)13-24-19(26)11-15-5-3-4-6-17(15)21(24)28/h3-10H,11-13H2,1-2H3,(H,22,25). The Morgan fingerprint density at radius 2 is 1.75 bits per heavy atom. The smallest absolute Gasteiger partial charge is 0.261 e. The van der Waals surface area contributed by atoms with Crippen LogP contribution in [0.4, 0.5) is 5.69 Å². The van der Waals surface area contributed by atoms with E-state index in [1.807, 2.05) is 19.1 Å². The predicted octanol–water partition coefficient (Wildman–Crippen LogP) is 1.62. The molecule has 7 heteroatoms. The summed E-state index contributed by atoms with van der Waals surface area (Å²) in [4.78, 5) is 51.5. The number of carbonyl (C=O) groups is 4. The monoisotopic (exact) mass is 379 g/mol. The first-order valence-electron chi connectivity index (χ1n) is 8.88. The van der Waals surface area contributed by atoms with Gasteiger partial charge in [-0.2, -0.15) is 0 Å². The van der Waals surface area contributed by atoms with Crippen LogP contribution in [0.3, 0.4) is 0 Å². The number of nitrogens with zero attached hydrogens (tertiary/aromatic N) is 2. The van der Waals surface area contributed by atoms with E-state index in [9.17, 15) is 19.2 Å². The van der Waals surface area contributed by atoms with Gasteiger partial charge in [0.15, 0.2) is 0 Å². The Morgan fingerprint density at radius 1 is 1.07 bits per heavy atom. The quantitative estimate of drug-likeness (QED) is 0.800. The summed E-state index contributed by atoms with van der Waals surface area (Å²) >= 11 is 0. The summed E-state index contributed by atoms with van der Waals surface area (Å²) in [5.41, 5.74) is 2.79. The molecule has 0 saturated heterocycles. The molecule has 1 aliphatic rings. The van der Waals surface area contributed by atoms with E-state index in [1.54, 1.807) is 36.4 Å². The van der Waals surface area contributed by atoms with Gasteiger partial charge in [-0.05, 0) is 30.7 Å². The van der Waals surface area contributed by atoms with Gasteiger partial charge in [0.2, 0.25) is 17.7 Å². The maximum absolute atomic E-state index is 12.5. The zero-order chi connectivity index (χ0) is 20.3. The van der Waals surface area contributed by atoms with Crippen molar-refractivity contribution in [2.45, 2.75) is 13.3 Å². The molecule has 0 aromatic heterocycles. The Morgan fingerprint density at radius 3 is 2.46 bits per heavy atom. The number of imide groups is 1. The van der Waals surface area contributed by atoms with Crippen molar-refractivity contribution in [1.82, 2.24) is 9.80 Å². The van der Waals surface area contributed by atoms with Gasteiger partial charge in [0.25, 0.3) is 5.91 Å². The summed E-state index contributed by atoms with van der Waals surface area (Å²) in [5, 5.41) is 2.71. The van der Waals surface area contributed by atoms with Crippen LogP contribution in [-0.4, -0.2) is 53.6 Å². The van der Waals surface area contributed by atoms with E-state index in [0.717, 1.165) is 10.5 Å². The van der Waals surface area contributed by atoms with Crippen molar-refractivity contribution in [3.8, 4) is 0 Å². The Balaban J connectivity index is 1.59. The van der Waals surface area contributed by atoms with Gasteiger partial charge in [-0.25, -0.2) is 0 Å². The molecule has 1 aliphatic heterocycles. The van der Waals surface area contributed by atoms with Crippen LogP contribution >= 0.6 is 0 Å². The highest BCUT2D eigenvalue weighted by Gasteiger charge is 2.32. The minimum Gasteiger partial charge on any atom is -0.335 e. The lowest BCUT2D eigenvalue weighted by Crippen LogP contribution is -2.48. The van der Waals surface area contributed by atoms with Gasteiger partial charge in [0.05, 0.1) is 13.0 Å². The van der Waals surface area contributed by atoms with Gasteiger partial charge in [-0.15, -0.1) is 0 Å². The van der Waals surface area contributed by atoms with Crippen molar-refractivity contribution in [2.24, 2.45) is 0 Å². The minimum atomic E-state index is -0.488. The van der Waals surface area contributed by atoms with Crippen molar-refractivity contribution in [2.75, 3.05) is 25.5 Å². The molecular formula is C21H21N3O4. The third-order valence-corrected chi connectivity index (χ3v) is 4.57. The van der Waals surface area contributed by atoms with Gasteiger partial charge < -0.3 is 10.2 Å². The molecule has 0 bridgehead atoms. The van der Waals surface area contributed by atoms with E-state index in [4.69, 9.17) is 0 Å². The number of amides is 4. The largest absolute Gasteiger partial charge is 0.335 e. The molecule has 0 aliphatic carbocycles. The van der Waals surface area contributed by atoms with E-state index in [2.05, 4.69) is 5.32 Å². The lowest BCUT2D eigenvalue weighted by molar-refractivity contribution is -0.138. The number of nitrogens with one attached hydrogen (secondary N) is 1. The van der Waals surface area contributed by atoms with Crippen LogP contribution in [0, 0.1) is 6.92 Å². The van der Waals surface area contributed by atoms with Gasteiger partial charge >= 0.3 is 0 Å². The van der Waals surface area contributed by atoms with Crippen molar-refractivity contribution >= 4 is 29.3 Å². The normalized spacial score (nSPS) is 13.1. The third-order valence-electron chi connectivity index (χ3n) is 4.57. The molecule has 4 amide bonds. The summed E-state index contributed by atoms with van der Waals surface area (Å²) < 4.78 is 0. The molecule has 0 unspecified atom stereocenters. The second-order valence-corrected chi connectivity index (χ2v) is 6.78. The predicted molar refractivity (Wildman–Crippen MR) is 104 cm³/mol. The SMILES string of the molecule is Cc1ccc(NC(=O)CN(C)C(=O)CN2C(=O)Cc3ccccc3C2=O)cc1. The van der Waals surface area contributed by atoms with Gasteiger partial charge in [-0.1, -0.05) is 35.9 Å². The number of aryl methyl sites for hydroxylation is 1. The zero-order valence-corrected chi connectivity index (χ0v) is 15.8. The highest BCUT2D eigenvalue weighted by molar-refractivity contribution is 6.11. The van der Waals surface area contributed by atoms with Crippen LogP contribution in [0.5, 0.6) is 0 Å². The summed E-state index contributed by atoms with van der Waals surface area (Å²) in [5.74, 6) is -1.76. The first kappa shape index (κ1) is 19.3. The molecule has 0 atom stereocenters. The molecule has 0 radical (unpaired) electrons. The number of likely N-dealkylation sites (N-methyl/N-ethyl adjacent to an activating group) is 1. The van der Waals surface area contributed by atoms with E-state index in [1.165, 1.54) is 11.9 Å². The van der Waals surface area contributed by atoms with Crippen molar-refractivity contribution in [3.05, 3.63) is 65.2 Å². The van der Waals surface area contributed by atoms with E-state index >= 15 is 0 Å². The topological polar surface area (TPSA) is 86.8 Å². The second kappa shape index (κ2) is 8.04. The van der Waals surface area contributed by atoms with Crippen molar-refractivity contribution in [3.63, 3.8) is 0 Å². The minimum absolute atomic E-state index is 0.0762. The van der Waals surface area contributed by atoms with E-state index in [-0.39, 0.29) is 25.4 Å². The first-order chi connectivity index (χ1) is 13.3. The Bertz CT molecular complexity index is 937. The Kier molecular flexibility index (Phi) is 5.54. The third kappa shape index (κ3) is 4.25. The number of hydrogen-bond donors (Lipinski definition) is 1. The summed E-state index contributed by atoms with van der Waals surface area (Å²) in [6.45, 7) is 1.37. The fraction of sp³-hybridized carbons (Fsp3) is 0.238. The highest BCUT2D eigenvalue weighted by Crippen LogP contribution is 2.19. The maximum atomic E-state index is 12.5. The van der Waals surface area contributed by atoms with Crippen molar-refractivity contribution < 1.29 is 19.2 Å². The molecule has 28 heavy (non-hydrogen) atoms. The number of benzene rings is 2. The lowest BCUT2D eigenvalue weighted by atomic mass is 9.98. The van der Waals surface area contributed by atoms with E-state index < -0.39 is 17.7 Å². The zero-order valence-electron chi connectivity index (χ0n) is 15.8. The number of carbonyl (C=O) groups excluding carboxylic acids is 4. The first-order valence-corrected chi connectivity index (χ1v) is 8.88. The molecule has 7 nitrogen and oxygen atoms in total. The highest BCUT2D eigenvalue weighted by atomic mass is 16.2.